The van der Waals surface area contributed by atoms with E-state index in [4.69, 9.17) is 9.47 Å². The van der Waals surface area contributed by atoms with Crippen LogP contribution in [0.25, 0.3) is 0 Å². The van der Waals surface area contributed by atoms with Gasteiger partial charge < -0.3 is 14.4 Å². The van der Waals surface area contributed by atoms with Gasteiger partial charge in [0.2, 0.25) is 5.88 Å². The van der Waals surface area contributed by atoms with Crippen LogP contribution in [0.3, 0.4) is 0 Å². The normalized spacial score (nSPS) is 16.7. The molecule has 1 amide bonds. The summed E-state index contributed by atoms with van der Waals surface area (Å²) in [6, 6.07) is 7.32. The zero-order valence-electron chi connectivity index (χ0n) is 14.0. The first kappa shape index (κ1) is 17.4. The molecule has 2 aromatic heterocycles. The fourth-order valence-corrected chi connectivity index (χ4v) is 3.80. The van der Waals surface area contributed by atoms with E-state index in [1.807, 2.05) is 24.4 Å². The molecular weight excluding hydrogens is 340 g/mol. The average molecular weight is 360 g/mol. The van der Waals surface area contributed by atoms with Crippen molar-refractivity contribution in [3.05, 3.63) is 46.3 Å². The summed E-state index contributed by atoms with van der Waals surface area (Å²) in [6.45, 7) is 2.62. The van der Waals surface area contributed by atoms with Gasteiger partial charge in [-0.25, -0.2) is 9.78 Å². The average Bonchev–Trinajstić information content (AvgIpc) is 3.31. The number of amides is 1. The van der Waals surface area contributed by atoms with Gasteiger partial charge in [0.05, 0.1) is 12.6 Å². The number of hydrogen-bond acceptors (Lipinski definition) is 6. The number of ether oxygens (including phenoxy) is 2. The molecule has 0 aromatic carbocycles. The molecule has 0 N–H and O–H groups in total. The molecule has 3 rings (SSSR count). The number of nitrogens with zero attached hydrogens (tertiary/aromatic N) is 2. The number of carbonyl (C=O) groups excluding carboxylic acids is 2. The molecule has 1 atom stereocenters. The Balaban J connectivity index is 1.61. The lowest BCUT2D eigenvalue weighted by atomic mass is 10.2. The van der Waals surface area contributed by atoms with E-state index in [2.05, 4.69) is 4.98 Å². The molecule has 1 aliphatic heterocycles. The van der Waals surface area contributed by atoms with Crippen molar-refractivity contribution in [2.75, 3.05) is 19.8 Å². The van der Waals surface area contributed by atoms with E-state index < -0.39 is 5.97 Å². The Morgan fingerprint density at radius 2 is 2.24 bits per heavy atom. The number of thiophene rings is 1. The van der Waals surface area contributed by atoms with E-state index >= 15 is 0 Å². The summed E-state index contributed by atoms with van der Waals surface area (Å²) in [5, 5.41) is 2.01. The van der Waals surface area contributed by atoms with Crippen molar-refractivity contribution in [3.8, 4) is 5.88 Å². The van der Waals surface area contributed by atoms with Gasteiger partial charge in [-0.2, -0.15) is 0 Å². The predicted octanol–water partition coefficient (Wildman–Crippen LogP) is 3.06. The minimum atomic E-state index is -0.600. The largest absolute Gasteiger partial charge is 0.477 e. The van der Waals surface area contributed by atoms with Gasteiger partial charge in [-0.1, -0.05) is 6.07 Å². The summed E-state index contributed by atoms with van der Waals surface area (Å²) < 4.78 is 10.5. The van der Waals surface area contributed by atoms with Crippen molar-refractivity contribution in [2.45, 2.75) is 25.8 Å². The summed E-state index contributed by atoms with van der Waals surface area (Å²) in [5.41, 5.74) is 0.230. The number of likely N-dealkylation sites (tertiary alicyclic amines) is 1. The second-order valence-electron chi connectivity index (χ2n) is 5.63. The van der Waals surface area contributed by atoms with Crippen molar-refractivity contribution in [3.63, 3.8) is 0 Å². The van der Waals surface area contributed by atoms with E-state index in [0.29, 0.717) is 13.2 Å². The zero-order valence-corrected chi connectivity index (χ0v) is 14.8. The van der Waals surface area contributed by atoms with Crippen LogP contribution in [0.4, 0.5) is 0 Å². The predicted molar refractivity (Wildman–Crippen MR) is 93.7 cm³/mol. The lowest BCUT2D eigenvalue weighted by molar-refractivity contribution is -0.135. The molecule has 0 unspecified atom stereocenters. The Kier molecular flexibility index (Phi) is 5.65. The summed E-state index contributed by atoms with van der Waals surface area (Å²) in [6.07, 6.45) is 3.44. The molecule has 1 aliphatic rings. The first-order valence-electron chi connectivity index (χ1n) is 8.28. The third-order valence-corrected chi connectivity index (χ3v) is 5.02. The van der Waals surface area contributed by atoms with Crippen molar-refractivity contribution < 1.29 is 19.1 Å². The summed E-state index contributed by atoms with van der Waals surface area (Å²) >= 11 is 1.64. The van der Waals surface area contributed by atoms with Crippen LogP contribution in [-0.4, -0.2) is 41.5 Å². The van der Waals surface area contributed by atoms with Gasteiger partial charge >= 0.3 is 5.97 Å². The smallest absolute Gasteiger partial charge is 0.344 e. The van der Waals surface area contributed by atoms with Gasteiger partial charge in [0.1, 0.15) is 5.56 Å². The molecule has 0 aliphatic carbocycles. The highest BCUT2D eigenvalue weighted by molar-refractivity contribution is 7.10. The number of rotatable bonds is 6. The van der Waals surface area contributed by atoms with Crippen LogP contribution in [0.5, 0.6) is 5.88 Å². The van der Waals surface area contributed by atoms with Crippen LogP contribution in [-0.2, 0) is 9.53 Å². The molecule has 3 heterocycles. The van der Waals surface area contributed by atoms with Crippen LogP contribution >= 0.6 is 11.3 Å². The first-order valence-corrected chi connectivity index (χ1v) is 9.16. The van der Waals surface area contributed by atoms with E-state index in [-0.39, 0.29) is 30.0 Å². The fourth-order valence-electron chi connectivity index (χ4n) is 2.93. The molecule has 1 saturated heterocycles. The fraction of sp³-hybridized carbons (Fsp3) is 0.389. The van der Waals surface area contributed by atoms with Gasteiger partial charge in [-0.05, 0) is 43.3 Å². The van der Waals surface area contributed by atoms with E-state index in [1.54, 1.807) is 34.6 Å². The van der Waals surface area contributed by atoms with Crippen LogP contribution < -0.4 is 4.74 Å². The van der Waals surface area contributed by atoms with E-state index in [9.17, 15) is 9.59 Å². The van der Waals surface area contributed by atoms with Gasteiger partial charge in [-0.15, -0.1) is 11.3 Å². The highest BCUT2D eigenvalue weighted by atomic mass is 32.1. The number of pyridine rings is 1. The molecule has 25 heavy (non-hydrogen) atoms. The lowest BCUT2D eigenvalue weighted by Gasteiger charge is -2.23. The lowest BCUT2D eigenvalue weighted by Crippen LogP contribution is -2.34. The molecule has 2 aromatic rings. The maximum Gasteiger partial charge on any atom is 0.344 e. The molecule has 132 valence electrons. The van der Waals surface area contributed by atoms with Crippen molar-refractivity contribution in [2.24, 2.45) is 0 Å². The van der Waals surface area contributed by atoms with Gasteiger partial charge in [0.15, 0.2) is 6.61 Å². The number of esters is 1. The molecule has 1 fully saturated rings. The second-order valence-corrected chi connectivity index (χ2v) is 6.61. The first-order chi connectivity index (χ1) is 12.2. The van der Waals surface area contributed by atoms with Crippen molar-refractivity contribution >= 4 is 23.2 Å². The van der Waals surface area contributed by atoms with Crippen molar-refractivity contribution in [1.29, 1.82) is 0 Å². The van der Waals surface area contributed by atoms with Crippen LogP contribution in [0.1, 0.15) is 41.0 Å². The minimum absolute atomic E-state index is 0.0866. The maximum absolute atomic E-state index is 12.5. The summed E-state index contributed by atoms with van der Waals surface area (Å²) in [7, 11) is 0. The second kappa shape index (κ2) is 8.11. The van der Waals surface area contributed by atoms with E-state index in [0.717, 1.165) is 12.8 Å². The third kappa shape index (κ3) is 3.99. The Morgan fingerprint density at radius 1 is 1.36 bits per heavy atom. The number of aromatic nitrogens is 1. The SMILES string of the molecule is CCOc1ncccc1C(=O)OCC(=O)N1CCC[C@H]1c1cccs1. The number of hydrogen-bond donors (Lipinski definition) is 0. The number of carbonyl (C=O) groups is 2. The third-order valence-electron chi connectivity index (χ3n) is 4.04. The van der Waals surface area contributed by atoms with Gasteiger partial charge in [-0.3, -0.25) is 4.79 Å². The molecule has 0 bridgehead atoms. The molecule has 7 heteroatoms. The van der Waals surface area contributed by atoms with Crippen LogP contribution in [0, 0.1) is 0 Å². The Labute approximate surface area is 150 Å². The standard InChI is InChI=1S/C18H20N2O4S/c1-2-23-17-13(6-3-9-19-17)18(22)24-12-16(21)20-10-4-7-14(20)15-8-5-11-25-15/h3,5-6,8-9,11,14H,2,4,7,10,12H2,1H3/t14-/m0/s1. The maximum atomic E-state index is 12.5. The van der Waals surface area contributed by atoms with Crippen molar-refractivity contribution in [1.82, 2.24) is 9.88 Å². The van der Waals surface area contributed by atoms with Crippen LogP contribution in [0.15, 0.2) is 35.8 Å². The monoisotopic (exact) mass is 360 g/mol. The zero-order chi connectivity index (χ0) is 17.6. The minimum Gasteiger partial charge on any atom is -0.477 e. The Bertz CT molecular complexity index is 732. The summed E-state index contributed by atoms with van der Waals surface area (Å²) in [5.74, 6) is -0.553. The summed E-state index contributed by atoms with van der Waals surface area (Å²) in [4.78, 5) is 31.8. The van der Waals surface area contributed by atoms with Crippen LogP contribution in [0.2, 0.25) is 0 Å². The molecular formula is C18H20N2O4S. The molecule has 0 saturated carbocycles. The van der Waals surface area contributed by atoms with Gasteiger partial charge in [0, 0.05) is 17.6 Å². The highest BCUT2D eigenvalue weighted by Crippen LogP contribution is 2.34. The molecule has 0 spiro atoms. The quantitative estimate of drug-likeness (QED) is 0.741. The van der Waals surface area contributed by atoms with E-state index in [1.165, 1.54) is 4.88 Å². The topological polar surface area (TPSA) is 68.7 Å². The molecule has 6 nitrogen and oxygen atoms in total. The Morgan fingerprint density at radius 3 is 3.00 bits per heavy atom. The molecule has 0 radical (unpaired) electrons. The van der Waals surface area contributed by atoms with Gasteiger partial charge in [0.25, 0.3) is 5.91 Å². The highest BCUT2D eigenvalue weighted by Gasteiger charge is 2.31. The Hall–Kier alpha value is -2.41.